The van der Waals surface area contributed by atoms with Crippen molar-refractivity contribution in [3.63, 3.8) is 0 Å². The molecule has 7 rings (SSSR count). The second kappa shape index (κ2) is 9.87. The highest BCUT2D eigenvalue weighted by Crippen LogP contribution is 2.55. The van der Waals surface area contributed by atoms with E-state index in [4.69, 9.17) is 4.74 Å². The third-order valence-electron chi connectivity index (χ3n) is 9.35. The number of ether oxygens (including phenoxy) is 1. The van der Waals surface area contributed by atoms with Crippen LogP contribution in [-0.2, 0) is 23.9 Å². The Morgan fingerprint density at radius 1 is 0.929 bits per heavy atom. The van der Waals surface area contributed by atoms with Gasteiger partial charge in [-0.25, -0.2) is 4.39 Å². The van der Waals surface area contributed by atoms with Gasteiger partial charge in [0.25, 0.3) is 0 Å². The molecule has 0 radical (unpaired) electrons. The zero-order chi connectivity index (χ0) is 29.3. The molecule has 2 amide bonds. The monoisotopic (exact) mass is 568 g/mol. The Kier molecular flexibility index (Phi) is 6.23. The van der Waals surface area contributed by atoms with E-state index in [-0.39, 0.29) is 35.4 Å². The first-order valence-electron chi connectivity index (χ1n) is 14.2. The second-order valence-electron chi connectivity index (χ2n) is 11.6. The third kappa shape index (κ3) is 3.98. The van der Waals surface area contributed by atoms with Gasteiger partial charge in [0.2, 0.25) is 11.8 Å². The molecule has 5 aliphatic rings. The number of hydrogen-bond acceptors (Lipinski definition) is 7. The number of rotatable bonds is 3. The van der Waals surface area contributed by atoms with Crippen LogP contribution in [0, 0.1) is 23.6 Å². The normalized spacial score (nSPS) is 27.5. The lowest BCUT2D eigenvalue weighted by Gasteiger charge is -2.42. The zero-order valence-electron chi connectivity index (χ0n) is 23.0. The van der Waals surface area contributed by atoms with E-state index in [0.717, 1.165) is 24.4 Å². The number of benzene rings is 2. The molecule has 0 spiro atoms. The molecule has 214 valence electrons. The van der Waals surface area contributed by atoms with E-state index in [1.54, 1.807) is 19.1 Å². The molecule has 9 heteroatoms. The lowest BCUT2D eigenvalue weighted by Crippen LogP contribution is -2.39. The molecule has 2 saturated heterocycles. The smallest absolute Gasteiger partial charge is 0.238 e. The number of ketones is 2. The summed E-state index contributed by atoms with van der Waals surface area (Å²) < 4.78 is 20.0. The number of anilines is 2. The molecule has 2 fully saturated rings. The predicted octanol–water partition coefficient (Wildman–Crippen LogP) is 4.00. The summed E-state index contributed by atoms with van der Waals surface area (Å²) in [6, 6.07) is 11.3. The summed E-state index contributed by atoms with van der Waals surface area (Å²) in [5.41, 5.74) is 3.54. The molecule has 0 unspecified atom stereocenters. The van der Waals surface area contributed by atoms with Crippen molar-refractivity contribution in [2.45, 2.75) is 25.7 Å². The lowest BCUT2D eigenvalue weighted by atomic mass is 9.59. The van der Waals surface area contributed by atoms with Crippen LogP contribution in [0.5, 0.6) is 5.75 Å². The summed E-state index contributed by atoms with van der Waals surface area (Å²) in [6.07, 6.45) is 3.65. The molecule has 4 atom stereocenters. The number of halogens is 1. The molecular formula is C33H29FN2O6. The predicted molar refractivity (Wildman–Crippen MR) is 151 cm³/mol. The summed E-state index contributed by atoms with van der Waals surface area (Å²) in [5, 5.41) is 9.82. The number of nitrogens with zero attached hydrogens (tertiary/aromatic N) is 2. The number of amides is 2. The number of carbonyl (C=O) groups is 4. The minimum atomic E-state index is -0.841. The van der Waals surface area contributed by atoms with Crippen molar-refractivity contribution in [3.8, 4) is 5.75 Å². The molecule has 2 aliphatic heterocycles. The van der Waals surface area contributed by atoms with Crippen LogP contribution in [0.25, 0.3) is 0 Å². The molecule has 42 heavy (non-hydrogen) atoms. The fraction of sp³-hybridized carbons (Fsp3) is 0.333. The van der Waals surface area contributed by atoms with Crippen molar-refractivity contribution >= 4 is 34.8 Å². The standard InChI is InChI=1S/C33H29FN2O6/c1-17-14-27(38)30-24(31(17)39)16-23-21(28(30)18-2-9-26(37)25(34)15-18)7-8-22-29(23)33(41)36(32(22)40)20-5-3-19(4-6-20)35-10-12-42-13-11-35/h2-7,9,14-15,22-23,28-29,37H,8,10-13,16H2,1H3/t22-,23+,28-,29-/m0/s1. The van der Waals surface area contributed by atoms with Crippen molar-refractivity contribution < 1.29 is 33.4 Å². The number of phenolic OH excluding ortho intramolecular Hbond substituents is 1. The van der Waals surface area contributed by atoms with Gasteiger partial charge in [0.1, 0.15) is 0 Å². The molecule has 3 aliphatic carbocycles. The first kappa shape index (κ1) is 26.5. The van der Waals surface area contributed by atoms with Gasteiger partial charge in [-0.3, -0.25) is 24.1 Å². The number of aromatic hydroxyl groups is 1. The van der Waals surface area contributed by atoms with Crippen LogP contribution in [0.3, 0.4) is 0 Å². The van der Waals surface area contributed by atoms with Crippen LogP contribution in [0.15, 0.2) is 76.9 Å². The molecule has 0 bridgehead atoms. The van der Waals surface area contributed by atoms with E-state index in [2.05, 4.69) is 4.90 Å². The van der Waals surface area contributed by atoms with E-state index in [1.807, 2.05) is 18.2 Å². The lowest BCUT2D eigenvalue weighted by molar-refractivity contribution is -0.123. The minimum absolute atomic E-state index is 0.151. The number of hydrogen-bond donors (Lipinski definition) is 1. The molecule has 0 aromatic heterocycles. The van der Waals surface area contributed by atoms with E-state index >= 15 is 0 Å². The number of allylic oxidation sites excluding steroid dienone is 6. The summed E-state index contributed by atoms with van der Waals surface area (Å²) in [5.74, 6) is -5.17. The first-order valence-corrected chi connectivity index (χ1v) is 14.2. The molecule has 8 nitrogen and oxygen atoms in total. The van der Waals surface area contributed by atoms with Gasteiger partial charge < -0.3 is 14.7 Å². The Morgan fingerprint density at radius 2 is 1.64 bits per heavy atom. The Hall–Kier alpha value is -4.37. The number of Topliss-reactive ketones (excluding diaryl/α,β-unsaturated/α-hetero) is 1. The highest BCUT2D eigenvalue weighted by Gasteiger charge is 2.56. The fourth-order valence-corrected chi connectivity index (χ4v) is 7.35. The first-order chi connectivity index (χ1) is 20.2. The van der Waals surface area contributed by atoms with E-state index in [9.17, 15) is 28.7 Å². The Morgan fingerprint density at radius 3 is 2.36 bits per heavy atom. The number of imide groups is 1. The van der Waals surface area contributed by atoms with Gasteiger partial charge in [-0.2, -0.15) is 0 Å². The number of phenols is 1. The SMILES string of the molecule is CC1=CC(=O)C2=C(C[C@@H]3C(=CC[C@@H]4C(=O)N(c5ccc(N6CCOCC6)cc5)C(=O)[C@@H]43)[C@@H]2c2ccc(O)c(F)c2)C1=O. The van der Waals surface area contributed by atoms with Gasteiger partial charge in [-0.15, -0.1) is 0 Å². The maximum atomic E-state index is 14.6. The molecule has 2 heterocycles. The zero-order valence-corrected chi connectivity index (χ0v) is 23.0. The molecule has 2 aromatic rings. The van der Waals surface area contributed by atoms with Crippen LogP contribution < -0.4 is 9.80 Å². The van der Waals surface area contributed by atoms with Crippen molar-refractivity contribution in [1.82, 2.24) is 0 Å². The maximum Gasteiger partial charge on any atom is 0.238 e. The van der Waals surface area contributed by atoms with Crippen molar-refractivity contribution in [1.29, 1.82) is 0 Å². The Bertz CT molecular complexity index is 1650. The van der Waals surface area contributed by atoms with Gasteiger partial charge in [-0.05, 0) is 73.7 Å². The van der Waals surface area contributed by atoms with Gasteiger partial charge >= 0.3 is 0 Å². The van der Waals surface area contributed by atoms with E-state index in [0.29, 0.717) is 42.0 Å². The van der Waals surface area contributed by atoms with Gasteiger partial charge in [0, 0.05) is 41.4 Å². The highest BCUT2D eigenvalue weighted by molar-refractivity contribution is 6.25. The average molecular weight is 569 g/mol. The summed E-state index contributed by atoms with van der Waals surface area (Å²) in [4.78, 5) is 58.0. The Balaban J connectivity index is 1.27. The van der Waals surface area contributed by atoms with Crippen molar-refractivity contribution in [2.75, 3.05) is 36.1 Å². The van der Waals surface area contributed by atoms with Gasteiger partial charge in [-0.1, -0.05) is 17.7 Å². The second-order valence-corrected chi connectivity index (χ2v) is 11.6. The summed E-state index contributed by atoms with van der Waals surface area (Å²) in [7, 11) is 0. The van der Waals surface area contributed by atoms with Gasteiger partial charge in [0.15, 0.2) is 23.1 Å². The van der Waals surface area contributed by atoms with Crippen LogP contribution in [0.1, 0.15) is 31.2 Å². The highest BCUT2D eigenvalue weighted by atomic mass is 19.1. The fourth-order valence-electron chi connectivity index (χ4n) is 7.35. The van der Waals surface area contributed by atoms with Crippen LogP contribution >= 0.6 is 0 Å². The van der Waals surface area contributed by atoms with Crippen molar-refractivity contribution in [3.05, 3.63) is 88.3 Å². The largest absolute Gasteiger partial charge is 0.505 e. The molecule has 2 aromatic carbocycles. The van der Waals surface area contributed by atoms with Crippen LogP contribution in [-0.4, -0.2) is 54.8 Å². The molecular weight excluding hydrogens is 539 g/mol. The Labute approximate surface area is 241 Å². The number of carbonyl (C=O) groups excluding carboxylic acids is 4. The topological polar surface area (TPSA) is 104 Å². The minimum Gasteiger partial charge on any atom is -0.505 e. The summed E-state index contributed by atoms with van der Waals surface area (Å²) in [6.45, 7) is 4.40. The van der Waals surface area contributed by atoms with Crippen molar-refractivity contribution in [2.24, 2.45) is 17.8 Å². The maximum absolute atomic E-state index is 14.6. The van der Waals surface area contributed by atoms with Crippen LogP contribution in [0.4, 0.5) is 15.8 Å². The van der Waals surface area contributed by atoms with Crippen LogP contribution in [0.2, 0.25) is 0 Å². The third-order valence-corrected chi connectivity index (χ3v) is 9.35. The van der Waals surface area contributed by atoms with E-state index in [1.165, 1.54) is 29.2 Å². The average Bonchev–Trinajstić information content (AvgIpc) is 3.26. The summed E-state index contributed by atoms with van der Waals surface area (Å²) >= 11 is 0. The quantitative estimate of drug-likeness (QED) is 0.339. The van der Waals surface area contributed by atoms with E-state index < -0.39 is 35.2 Å². The molecule has 0 saturated carbocycles. The molecule has 1 N–H and O–H groups in total. The number of fused-ring (bicyclic) bond motifs is 3. The van der Waals surface area contributed by atoms with Gasteiger partial charge in [0.05, 0.1) is 30.7 Å². The number of morpholine rings is 1.